The van der Waals surface area contributed by atoms with Gasteiger partial charge in [0.2, 0.25) is 0 Å². The number of aromatic hydroxyl groups is 1. The normalized spacial score (nSPS) is 35.9. The van der Waals surface area contributed by atoms with E-state index in [0.29, 0.717) is 29.4 Å². The summed E-state index contributed by atoms with van der Waals surface area (Å²) in [7, 11) is 0. The van der Waals surface area contributed by atoms with Gasteiger partial charge in [-0.3, -0.25) is 0 Å². The lowest BCUT2D eigenvalue weighted by atomic mass is 9.52. The van der Waals surface area contributed by atoms with Crippen LogP contribution < -0.4 is 0 Å². The zero-order valence-corrected chi connectivity index (χ0v) is 17.5. The van der Waals surface area contributed by atoms with E-state index in [1.165, 1.54) is 29.5 Å². The van der Waals surface area contributed by atoms with Crippen LogP contribution in [0.2, 0.25) is 0 Å². The lowest BCUT2D eigenvalue weighted by Crippen LogP contribution is -2.43. The molecule has 0 unspecified atom stereocenters. The summed E-state index contributed by atoms with van der Waals surface area (Å²) in [5.41, 5.74) is 5.36. The molecule has 0 heterocycles. The molecule has 2 aromatic carbocycles. The van der Waals surface area contributed by atoms with Gasteiger partial charge in [0.15, 0.2) is 0 Å². The van der Waals surface area contributed by atoms with Gasteiger partial charge in [-0.25, -0.2) is 0 Å². The number of aliphatic hydroxyl groups excluding tert-OH is 1. The summed E-state index contributed by atoms with van der Waals surface area (Å²) in [6.07, 6.45) is 9.11. The van der Waals surface area contributed by atoms with Crippen molar-refractivity contribution in [1.29, 1.82) is 0 Å². The van der Waals surface area contributed by atoms with Crippen molar-refractivity contribution in [2.24, 2.45) is 17.3 Å². The Morgan fingerprint density at radius 1 is 1.10 bits per heavy atom. The first kappa shape index (κ1) is 18.9. The van der Waals surface area contributed by atoms with Crippen LogP contribution in [0.5, 0.6) is 5.75 Å². The highest BCUT2D eigenvalue weighted by atomic mass is 16.3. The maximum Gasteiger partial charge on any atom is 0.123 e. The van der Waals surface area contributed by atoms with Crippen LogP contribution in [0.25, 0.3) is 6.08 Å². The molecule has 2 saturated carbocycles. The first-order valence-corrected chi connectivity index (χ1v) is 11.2. The summed E-state index contributed by atoms with van der Waals surface area (Å²) in [5, 5.41) is 21.2. The number of rotatable bonds is 2. The molecule has 2 fully saturated rings. The molecule has 0 amide bonds. The molecule has 0 aliphatic heterocycles. The van der Waals surface area contributed by atoms with Gasteiger partial charge in [0.25, 0.3) is 0 Å². The molecule has 2 N–H and O–H groups in total. The maximum absolute atomic E-state index is 10.6. The summed E-state index contributed by atoms with van der Waals surface area (Å²) in [4.78, 5) is 0. The van der Waals surface area contributed by atoms with E-state index in [1.807, 2.05) is 25.1 Å². The van der Waals surface area contributed by atoms with Gasteiger partial charge in [-0.2, -0.15) is 0 Å². The van der Waals surface area contributed by atoms with Crippen LogP contribution in [-0.2, 0) is 6.42 Å². The highest BCUT2D eigenvalue weighted by molar-refractivity contribution is 5.60. The molecule has 29 heavy (non-hydrogen) atoms. The topological polar surface area (TPSA) is 40.5 Å². The van der Waals surface area contributed by atoms with Crippen LogP contribution in [-0.4, -0.2) is 16.3 Å². The summed E-state index contributed by atoms with van der Waals surface area (Å²) in [5.74, 6) is 2.48. The van der Waals surface area contributed by atoms with Crippen molar-refractivity contribution in [3.05, 3.63) is 70.8 Å². The number of allylic oxidation sites excluding steroid dienone is 1. The third-order valence-electron chi connectivity index (χ3n) is 8.25. The van der Waals surface area contributed by atoms with Crippen molar-refractivity contribution >= 4 is 6.08 Å². The molecule has 0 radical (unpaired) electrons. The van der Waals surface area contributed by atoms with E-state index in [0.717, 1.165) is 24.8 Å². The molecule has 2 aromatic rings. The highest BCUT2D eigenvalue weighted by Gasteiger charge is 2.55. The Morgan fingerprint density at radius 2 is 1.90 bits per heavy atom. The van der Waals surface area contributed by atoms with E-state index in [4.69, 9.17) is 0 Å². The molecule has 0 bridgehead atoms. The largest absolute Gasteiger partial charge is 0.507 e. The van der Waals surface area contributed by atoms with Crippen molar-refractivity contribution in [2.75, 3.05) is 0 Å². The van der Waals surface area contributed by atoms with Gasteiger partial charge >= 0.3 is 0 Å². The summed E-state index contributed by atoms with van der Waals surface area (Å²) < 4.78 is 0. The highest BCUT2D eigenvalue weighted by Crippen LogP contribution is 2.64. The molecular formula is C27H32O2. The van der Waals surface area contributed by atoms with E-state index in [2.05, 4.69) is 43.3 Å². The summed E-state index contributed by atoms with van der Waals surface area (Å²) in [6.45, 7) is 4.42. The van der Waals surface area contributed by atoms with Crippen molar-refractivity contribution in [3.8, 4) is 5.75 Å². The Bertz CT molecular complexity index is 931. The second kappa shape index (κ2) is 7.02. The minimum Gasteiger partial charge on any atom is -0.507 e. The molecule has 2 heteroatoms. The fraction of sp³-hybridized carbons (Fsp3) is 0.481. The van der Waals surface area contributed by atoms with Crippen molar-refractivity contribution in [1.82, 2.24) is 0 Å². The van der Waals surface area contributed by atoms with Crippen molar-refractivity contribution < 1.29 is 10.2 Å². The Kier molecular flexibility index (Phi) is 4.58. The summed E-state index contributed by atoms with van der Waals surface area (Å²) >= 11 is 0. The molecule has 3 aliphatic carbocycles. The smallest absolute Gasteiger partial charge is 0.123 e. The number of phenols is 1. The van der Waals surface area contributed by atoms with E-state index in [9.17, 15) is 10.2 Å². The zero-order valence-electron chi connectivity index (χ0n) is 17.5. The van der Waals surface area contributed by atoms with Crippen LogP contribution in [0.1, 0.15) is 73.6 Å². The zero-order chi connectivity index (χ0) is 20.2. The molecule has 0 aromatic heterocycles. The van der Waals surface area contributed by atoms with Gasteiger partial charge in [-0.15, -0.1) is 0 Å². The monoisotopic (exact) mass is 388 g/mol. The quantitative estimate of drug-likeness (QED) is 0.659. The Balaban J connectivity index is 1.65. The molecule has 3 aliphatic rings. The summed E-state index contributed by atoms with van der Waals surface area (Å²) in [6, 6.07) is 15.2. The molecule has 2 nitrogen and oxygen atoms in total. The number of aliphatic hydroxyl groups is 1. The van der Waals surface area contributed by atoms with Crippen LogP contribution in [0.15, 0.2) is 48.5 Å². The molecule has 5 rings (SSSR count). The first-order chi connectivity index (χ1) is 14.0. The van der Waals surface area contributed by atoms with Crippen LogP contribution in [0, 0.1) is 17.3 Å². The predicted molar refractivity (Wildman–Crippen MR) is 118 cm³/mol. The fourth-order valence-electron chi connectivity index (χ4n) is 7.06. The number of hydrogen-bond donors (Lipinski definition) is 2. The number of fused-ring (bicyclic) bond motifs is 5. The third-order valence-corrected chi connectivity index (χ3v) is 8.25. The van der Waals surface area contributed by atoms with Gasteiger partial charge < -0.3 is 10.2 Å². The lowest BCUT2D eigenvalue weighted by molar-refractivity contribution is 0.0468. The maximum atomic E-state index is 10.6. The Morgan fingerprint density at radius 3 is 2.66 bits per heavy atom. The second-order valence-corrected chi connectivity index (χ2v) is 9.91. The van der Waals surface area contributed by atoms with Gasteiger partial charge in [0.05, 0.1) is 6.10 Å². The van der Waals surface area contributed by atoms with Gasteiger partial charge in [-0.1, -0.05) is 49.4 Å². The molecule has 0 spiro atoms. The van der Waals surface area contributed by atoms with Crippen molar-refractivity contribution in [2.45, 2.75) is 63.9 Å². The SMILES string of the molecule is CC=Cc1cc2c(cc1O)C[C@@H](c1ccccc1)[C@@H]1[C@@H]2CC[C@]2(C)C[C@H](O)C[C@@H]12. The Labute approximate surface area is 174 Å². The Hall–Kier alpha value is -2.06. The fourth-order valence-corrected chi connectivity index (χ4v) is 7.06. The van der Waals surface area contributed by atoms with Crippen LogP contribution >= 0.6 is 0 Å². The molecule has 0 saturated heterocycles. The van der Waals surface area contributed by atoms with Gasteiger partial charge in [-0.05, 0) is 96.9 Å². The van der Waals surface area contributed by atoms with E-state index >= 15 is 0 Å². The average Bonchev–Trinajstić information content (AvgIpc) is 3.03. The molecule has 6 atom stereocenters. The first-order valence-electron chi connectivity index (χ1n) is 11.2. The van der Waals surface area contributed by atoms with Crippen molar-refractivity contribution in [3.63, 3.8) is 0 Å². The lowest BCUT2D eigenvalue weighted by Gasteiger charge is -2.52. The number of hydrogen-bond acceptors (Lipinski definition) is 2. The third kappa shape index (κ3) is 3.04. The molecular weight excluding hydrogens is 356 g/mol. The number of benzene rings is 2. The van der Waals surface area contributed by atoms with E-state index < -0.39 is 0 Å². The predicted octanol–water partition coefficient (Wildman–Crippen LogP) is 6.04. The van der Waals surface area contributed by atoms with Gasteiger partial charge in [0.1, 0.15) is 5.75 Å². The second-order valence-electron chi connectivity index (χ2n) is 9.91. The van der Waals surface area contributed by atoms with E-state index in [-0.39, 0.29) is 11.5 Å². The van der Waals surface area contributed by atoms with Crippen LogP contribution in [0.4, 0.5) is 0 Å². The average molecular weight is 389 g/mol. The number of phenolic OH excluding ortho intramolecular Hbond substituents is 1. The standard InChI is InChI=1S/C27H32O2/c1-3-7-18-12-22-19(14-25(18)29)13-23(17-8-5-4-6-9-17)26-21(22)10-11-27(2)16-20(28)15-24(26)27/h3-9,12,14,20-21,23-24,26,28-29H,10-11,13,15-16H2,1-2H3/t20-,21-,23+,24+,26+,27-/m1/s1. The van der Waals surface area contributed by atoms with E-state index in [1.54, 1.807) is 0 Å². The van der Waals surface area contributed by atoms with Gasteiger partial charge in [0, 0.05) is 5.56 Å². The molecule has 152 valence electrons. The minimum absolute atomic E-state index is 0.153. The van der Waals surface area contributed by atoms with Crippen LogP contribution in [0.3, 0.4) is 0 Å². The minimum atomic E-state index is -0.153.